The van der Waals surface area contributed by atoms with Gasteiger partial charge in [-0.3, -0.25) is 14.7 Å². The number of rotatable bonds is 6. The second-order valence-corrected chi connectivity index (χ2v) is 12.0. The van der Waals surface area contributed by atoms with Gasteiger partial charge in [0.05, 0.1) is 27.5 Å². The van der Waals surface area contributed by atoms with Gasteiger partial charge in [-0.15, -0.1) is 11.3 Å². The molecule has 1 aromatic heterocycles. The van der Waals surface area contributed by atoms with Crippen LogP contribution in [0.25, 0.3) is 10.2 Å². The average molecular weight is 528 g/mol. The van der Waals surface area contributed by atoms with Gasteiger partial charge < -0.3 is 5.11 Å². The third-order valence-corrected chi connectivity index (χ3v) is 8.57. The molecule has 4 aromatic rings. The maximum atomic E-state index is 14.3. The second kappa shape index (κ2) is 10.0. The molecule has 2 aliphatic rings. The Bertz CT molecular complexity index is 1560. The van der Waals surface area contributed by atoms with Gasteiger partial charge in [0.2, 0.25) is 0 Å². The summed E-state index contributed by atoms with van der Waals surface area (Å²) in [5.41, 5.74) is 6.19. The maximum absolute atomic E-state index is 14.3. The fourth-order valence-corrected chi connectivity index (χ4v) is 6.84. The SMILES string of the molecule is Cc1nc2ccc(C3=NCc4ccc(C(=O)C[C@@H]5C[C@H](C)CN(Cc6c(O)cccc6F)C5)cc43)cc2s1. The molecule has 7 heteroatoms. The van der Waals surface area contributed by atoms with Crippen LogP contribution in [0, 0.1) is 24.6 Å². The van der Waals surface area contributed by atoms with Crippen LogP contribution in [0.4, 0.5) is 4.39 Å². The fourth-order valence-electron chi connectivity index (χ4n) is 5.97. The van der Waals surface area contributed by atoms with Crippen molar-refractivity contribution in [1.82, 2.24) is 9.88 Å². The molecule has 5 nitrogen and oxygen atoms in total. The number of aryl methyl sites for hydroxylation is 1. The molecule has 1 N–H and O–H groups in total. The molecule has 3 aromatic carbocycles. The molecule has 0 saturated carbocycles. The van der Waals surface area contributed by atoms with E-state index in [1.807, 2.05) is 31.2 Å². The molecule has 0 spiro atoms. The number of ketones is 1. The summed E-state index contributed by atoms with van der Waals surface area (Å²) in [6.45, 7) is 6.67. The van der Waals surface area contributed by atoms with Gasteiger partial charge in [0, 0.05) is 48.3 Å². The summed E-state index contributed by atoms with van der Waals surface area (Å²) in [5.74, 6) is 0.283. The molecule has 6 rings (SSSR count). The lowest BCUT2D eigenvalue weighted by Crippen LogP contribution is -2.40. The summed E-state index contributed by atoms with van der Waals surface area (Å²) in [7, 11) is 0. The fraction of sp³-hybridized carbons (Fsp3) is 0.323. The zero-order chi connectivity index (χ0) is 26.4. The number of phenolic OH excluding ortho intramolecular Hbond substituents is 1. The van der Waals surface area contributed by atoms with Crippen LogP contribution in [0.5, 0.6) is 5.75 Å². The predicted octanol–water partition coefficient (Wildman–Crippen LogP) is 6.53. The van der Waals surface area contributed by atoms with Gasteiger partial charge in [-0.1, -0.05) is 31.2 Å². The third-order valence-electron chi connectivity index (χ3n) is 7.64. The number of fused-ring (bicyclic) bond motifs is 2. The third kappa shape index (κ3) is 4.88. The number of Topliss-reactive ketones (excluding diaryl/α,β-unsaturated/α-hetero) is 1. The van der Waals surface area contributed by atoms with E-state index in [0.717, 1.165) is 50.6 Å². The molecular formula is C31H30FN3O2S. The lowest BCUT2D eigenvalue weighted by Gasteiger charge is -2.36. The summed E-state index contributed by atoms with van der Waals surface area (Å²) in [4.78, 5) is 25.0. The highest BCUT2D eigenvalue weighted by Gasteiger charge is 2.28. The molecule has 194 valence electrons. The summed E-state index contributed by atoms with van der Waals surface area (Å²) in [5, 5.41) is 11.2. The molecule has 1 fully saturated rings. The Hall–Kier alpha value is -3.42. The van der Waals surface area contributed by atoms with Gasteiger partial charge in [0.15, 0.2) is 5.78 Å². The van der Waals surface area contributed by atoms with Gasteiger partial charge >= 0.3 is 0 Å². The Morgan fingerprint density at radius 1 is 1.16 bits per heavy atom. The van der Waals surface area contributed by atoms with Gasteiger partial charge in [-0.2, -0.15) is 0 Å². The number of likely N-dealkylation sites (tertiary alicyclic amines) is 1. The zero-order valence-electron chi connectivity index (χ0n) is 21.6. The Labute approximate surface area is 225 Å². The summed E-state index contributed by atoms with van der Waals surface area (Å²) in [6.07, 6.45) is 1.40. The maximum Gasteiger partial charge on any atom is 0.163 e. The first-order valence-electron chi connectivity index (χ1n) is 13.1. The Morgan fingerprint density at radius 3 is 2.87 bits per heavy atom. The number of aromatic nitrogens is 1. The van der Waals surface area contributed by atoms with E-state index in [1.54, 1.807) is 11.3 Å². The van der Waals surface area contributed by atoms with Gasteiger partial charge in [0.1, 0.15) is 11.6 Å². The van der Waals surface area contributed by atoms with Crippen molar-refractivity contribution in [3.63, 3.8) is 0 Å². The molecule has 38 heavy (non-hydrogen) atoms. The number of thiazole rings is 1. The quantitative estimate of drug-likeness (QED) is 0.290. The molecule has 1 saturated heterocycles. The number of aromatic hydroxyl groups is 1. The van der Waals surface area contributed by atoms with Crippen LogP contribution in [0.1, 0.15) is 57.4 Å². The van der Waals surface area contributed by atoms with Crippen molar-refractivity contribution in [2.45, 2.75) is 39.8 Å². The molecule has 0 bridgehead atoms. The summed E-state index contributed by atoms with van der Waals surface area (Å²) in [6, 6.07) is 16.6. The number of aliphatic imine (C=N–C) groups is 1. The van der Waals surface area contributed by atoms with E-state index in [0.29, 0.717) is 43.1 Å². The number of halogens is 1. The highest BCUT2D eigenvalue weighted by Crippen LogP contribution is 2.31. The Kier molecular flexibility index (Phi) is 6.58. The van der Waals surface area contributed by atoms with E-state index < -0.39 is 5.82 Å². The minimum Gasteiger partial charge on any atom is -0.508 e. The number of phenols is 1. The molecule has 0 aliphatic carbocycles. The predicted molar refractivity (Wildman–Crippen MR) is 150 cm³/mol. The summed E-state index contributed by atoms with van der Waals surface area (Å²) >= 11 is 1.68. The van der Waals surface area contributed by atoms with E-state index in [4.69, 9.17) is 4.99 Å². The van der Waals surface area contributed by atoms with Gasteiger partial charge in [0.25, 0.3) is 0 Å². The lowest BCUT2D eigenvalue weighted by atomic mass is 9.85. The second-order valence-electron chi connectivity index (χ2n) is 10.7. The minimum atomic E-state index is -0.393. The van der Waals surface area contributed by atoms with Crippen LogP contribution in [0.15, 0.2) is 59.6 Å². The molecule has 0 radical (unpaired) electrons. The van der Waals surface area contributed by atoms with Crippen molar-refractivity contribution in [3.8, 4) is 5.75 Å². The Balaban J connectivity index is 1.18. The molecular weight excluding hydrogens is 497 g/mol. The van der Waals surface area contributed by atoms with Crippen molar-refractivity contribution in [2.24, 2.45) is 16.8 Å². The standard InChI is InChI=1S/C31H30FN3O2S/c1-18-10-20(16-35(15-18)17-25-26(32)4-3-5-28(25)36)11-29(37)21-6-7-23-14-33-31(24(23)12-21)22-8-9-27-30(13-22)38-19(2)34-27/h3-9,12-13,18,20,36H,10-11,14-17H2,1-2H3/t18-,20-/m0/s1. The number of hydrogen-bond acceptors (Lipinski definition) is 6. The normalized spacial score (nSPS) is 19.5. The number of hydrogen-bond donors (Lipinski definition) is 1. The largest absolute Gasteiger partial charge is 0.508 e. The van der Waals surface area contributed by atoms with Crippen LogP contribution >= 0.6 is 11.3 Å². The zero-order valence-corrected chi connectivity index (χ0v) is 22.4. The van der Waals surface area contributed by atoms with Crippen LogP contribution in [0.2, 0.25) is 0 Å². The monoisotopic (exact) mass is 527 g/mol. The number of carbonyl (C=O) groups is 1. The molecule has 2 atom stereocenters. The first kappa shape index (κ1) is 24.9. The van der Waals surface area contributed by atoms with Gasteiger partial charge in [-0.25, -0.2) is 9.37 Å². The van der Waals surface area contributed by atoms with Crippen molar-refractivity contribution in [2.75, 3.05) is 13.1 Å². The number of benzene rings is 3. The Morgan fingerprint density at radius 2 is 2.03 bits per heavy atom. The van der Waals surface area contributed by atoms with Crippen molar-refractivity contribution in [1.29, 1.82) is 0 Å². The molecule has 0 amide bonds. The van der Waals surface area contributed by atoms with Crippen LogP contribution in [-0.4, -0.2) is 39.6 Å². The first-order chi connectivity index (χ1) is 18.3. The number of piperidine rings is 1. The topological polar surface area (TPSA) is 65.8 Å². The first-order valence-corrected chi connectivity index (χ1v) is 13.9. The molecule has 2 aliphatic heterocycles. The van der Waals surface area contributed by atoms with Crippen LogP contribution < -0.4 is 0 Å². The smallest absolute Gasteiger partial charge is 0.163 e. The summed E-state index contributed by atoms with van der Waals surface area (Å²) < 4.78 is 15.5. The highest BCUT2D eigenvalue weighted by atomic mass is 32.1. The number of carbonyl (C=O) groups excluding carboxylic acids is 1. The number of nitrogens with zero attached hydrogens (tertiary/aromatic N) is 3. The van der Waals surface area contributed by atoms with Crippen molar-refractivity contribution >= 4 is 33.0 Å². The molecule has 3 heterocycles. The van der Waals surface area contributed by atoms with Crippen LogP contribution in [0.3, 0.4) is 0 Å². The van der Waals surface area contributed by atoms with E-state index in [2.05, 4.69) is 28.9 Å². The van der Waals surface area contributed by atoms with E-state index in [9.17, 15) is 14.3 Å². The van der Waals surface area contributed by atoms with Crippen LogP contribution in [-0.2, 0) is 13.1 Å². The van der Waals surface area contributed by atoms with E-state index >= 15 is 0 Å². The highest BCUT2D eigenvalue weighted by molar-refractivity contribution is 7.18. The molecule has 0 unspecified atom stereocenters. The van der Waals surface area contributed by atoms with E-state index in [1.165, 1.54) is 18.2 Å². The van der Waals surface area contributed by atoms with Gasteiger partial charge in [-0.05, 0) is 61.1 Å². The minimum absolute atomic E-state index is 0.0175. The van der Waals surface area contributed by atoms with Crippen molar-refractivity contribution in [3.05, 3.63) is 93.2 Å². The van der Waals surface area contributed by atoms with Crippen molar-refractivity contribution < 1.29 is 14.3 Å². The van der Waals surface area contributed by atoms with E-state index in [-0.39, 0.29) is 17.5 Å². The average Bonchev–Trinajstić information content (AvgIpc) is 3.47. The lowest BCUT2D eigenvalue weighted by molar-refractivity contribution is 0.0856.